The molecule has 1 aromatic rings. The summed E-state index contributed by atoms with van der Waals surface area (Å²) in [6.45, 7) is 3.63. The first-order valence-electron chi connectivity index (χ1n) is 9.63. The van der Waals surface area contributed by atoms with Crippen molar-refractivity contribution < 1.29 is 14.8 Å². The van der Waals surface area contributed by atoms with E-state index in [0.29, 0.717) is 0 Å². The molecule has 0 unspecified atom stereocenters. The van der Waals surface area contributed by atoms with Gasteiger partial charge in [-0.3, -0.25) is 0 Å². The molecule has 1 rings (SSSR count). The summed E-state index contributed by atoms with van der Waals surface area (Å²) in [5, 5.41) is 10.1. The number of quaternary nitrogens is 1. The van der Waals surface area contributed by atoms with E-state index in [1.54, 1.807) is 23.1 Å². The molecule has 0 aliphatic heterocycles. The van der Waals surface area contributed by atoms with Gasteiger partial charge in [-0.1, -0.05) is 88.6 Å². The number of carboxylic acid groups (broad SMARTS) is 1. The topological polar surface area (TPSA) is 44.6 Å². The van der Waals surface area contributed by atoms with E-state index in [1.165, 1.54) is 82.9 Å². The molecule has 0 radical (unpaired) electrons. The van der Waals surface area contributed by atoms with Crippen molar-refractivity contribution in [1.29, 1.82) is 0 Å². The molecule has 0 heterocycles. The Balaban J connectivity index is 0.000000496. The predicted octanol–water partition coefficient (Wildman–Crippen LogP) is 3.10. The highest BCUT2D eigenvalue weighted by atomic mass is 16.4. The van der Waals surface area contributed by atoms with Gasteiger partial charge in [-0.05, 0) is 18.4 Å². The van der Waals surface area contributed by atoms with Crippen molar-refractivity contribution in [1.82, 2.24) is 0 Å². The monoisotopic (exact) mass is 335 g/mol. The maximum absolute atomic E-state index is 10.1. The minimum absolute atomic E-state index is 0.220. The van der Waals surface area contributed by atoms with Crippen LogP contribution in [0.1, 0.15) is 81.5 Å². The van der Waals surface area contributed by atoms with Crippen molar-refractivity contribution in [3.63, 3.8) is 0 Å². The lowest BCUT2D eigenvalue weighted by atomic mass is 10.1. The molecule has 0 aromatic heterocycles. The van der Waals surface area contributed by atoms with Crippen LogP contribution in [0.25, 0.3) is 0 Å². The van der Waals surface area contributed by atoms with Crippen molar-refractivity contribution in [3.8, 4) is 0 Å². The number of nitrogens with one attached hydrogen (secondary N) is 1. The number of hydrogen-bond donors (Lipinski definition) is 1. The summed E-state index contributed by atoms with van der Waals surface area (Å²) in [7, 11) is 4.49. The first-order valence-corrected chi connectivity index (χ1v) is 9.63. The van der Waals surface area contributed by atoms with Crippen LogP contribution in [0.3, 0.4) is 0 Å². The number of carboxylic acids is 1. The van der Waals surface area contributed by atoms with E-state index in [0.717, 1.165) is 0 Å². The first kappa shape index (κ1) is 22.6. The lowest BCUT2D eigenvalue weighted by molar-refractivity contribution is -0.858. The zero-order valence-electron chi connectivity index (χ0n) is 16.0. The van der Waals surface area contributed by atoms with E-state index >= 15 is 0 Å². The third kappa shape index (κ3) is 15.5. The van der Waals surface area contributed by atoms with Gasteiger partial charge < -0.3 is 14.8 Å². The summed E-state index contributed by atoms with van der Waals surface area (Å²) in [4.78, 5) is 11.7. The largest absolute Gasteiger partial charge is 0.545 e. The van der Waals surface area contributed by atoms with E-state index in [1.807, 2.05) is 0 Å². The third-order valence-corrected chi connectivity index (χ3v) is 4.04. The van der Waals surface area contributed by atoms with Crippen molar-refractivity contribution in [3.05, 3.63) is 35.9 Å². The predicted molar refractivity (Wildman–Crippen MR) is 100 cm³/mol. The van der Waals surface area contributed by atoms with Gasteiger partial charge in [0.2, 0.25) is 0 Å². The average Bonchev–Trinajstić information content (AvgIpc) is 2.57. The lowest BCUT2D eigenvalue weighted by Crippen LogP contribution is -3.05. The van der Waals surface area contributed by atoms with Crippen molar-refractivity contribution in [2.45, 2.75) is 71.1 Å². The average molecular weight is 336 g/mol. The zero-order chi connectivity index (χ0) is 18.0. The van der Waals surface area contributed by atoms with E-state index < -0.39 is 5.97 Å². The van der Waals surface area contributed by atoms with Gasteiger partial charge in [0.05, 0.1) is 26.6 Å². The smallest absolute Gasteiger partial charge is 0.0766 e. The van der Waals surface area contributed by atoms with Gasteiger partial charge in [0.15, 0.2) is 0 Å². The fourth-order valence-corrected chi connectivity index (χ4v) is 2.54. The van der Waals surface area contributed by atoms with Gasteiger partial charge in [-0.2, -0.15) is 0 Å². The normalized spacial score (nSPS) is 10.3. The quantitative estimate of drug-likeness (QED) is 0.597. The molecule has 24 heavy (non-hydrogen) atoms. The molecule has 0 aliphatic carbocycles. The van der Waals surface area contributed by atoms with Gasteiger partial charge in [-0.15, -0.1) is 0 Å². The second-order valence-corrected chi connectivity index (χ2v) is 6.79. The molecule has 0 aliphatic rings. The number of carbonyl (C=O) groups excluding carboxylic acids is 1. The maximum Gasteiger partial charge on any atom is 0.0766 e. The fraction of sp³-hybridized carbons (Fsp3) is 0.667. The number of unbranched alkanes of at least 4 members (excludes halogenated alkanes) is 9. The van der Waals surface area contributed by atoms with Crippen LogP contribution in [0.15, 0.2) is 30.3 Å². The van der Waals surface area contributed by atoms with E-state index in [-0.39, 0.29) is 5.56 Å². The number of benzene rings is 1. The molecule has 0 saturated heterocycles. The molecule has 0 fully saturated rings. The van der Waals surface area contributed by atoms with Crippen LogP contribution in [0.2, 0.25) is 0 Å². The lowest BCUT2D eigenvalue weighted by Gasteiger charge is -2.06. The fourth-order valence-electron chi connectivity index (χ4n) is 2.54. The van der Waals surface area contributed by atoms with Gasteiger partial charge in [0.1, 0.15) is 0 Å². The Morgan fingerprint density at radius 1 is 0.833 bits per heavy atom. The SMILES string of the molecule is CCCCCCCCCCCC[NH+](C)C.O=C([O-])c1ccccc1. The molecule has 138 valence electrons. The molecule has 0 saturated carbocycles. The van der Waals surface area contributed by atoms with Gasteiger partial charge in [0.25, 0.3) is 0 Å². The van der Waals surface area contributed by atoms with Crippen LogP contribution >= 0.6 is 0 Å². The minimum Gasteiger partial charge on any atom is -0.545 e. The maximum atomic E-state index is 10.1. The molecule has 3 heteroatoms. The molecule has 0 spiro atoms. The van der Waals surface area contributed by atoms with Crippen molar-refractivity contribution in [2.24, 2.45) is 0 Å². The highest BCUT2D eigenvalue weighted by molar-refractivity contribution is 5.85. The summed E-state index contributed by atoms with van der Waals surface area (Å²) in [5.41, 5.74) is 0.220. The summed E-state index contributed by atoms with van der Waals surface area (Å²) in [5.74, 6) is -1.13. The Morgan fingerprint density at radius 3 is 1.67 bits per heavy atom. The molecule has 0 bridgehead atoms. The summed E-state index contributed by atoms with van der Waals surface area (Å²) in [6, 6.07) is 8.06. The molecule has 0 amide bonds. The number of hydrogen-bond acceptors (Lipinski definition) is 2. The van der Waals surface area contributed by atoms with Crippen LogP contribution < -0.4 is 10.0 Å². The van der Waals surface area contributed by atoms with Crippen molar-refractivity contribution >= 4 is 5.97 Å². The van der Waals surface area contributed by atoms with Crippen LogP contribution in [0.5, 0.6) is 0 Å². The second kappa shape index (κ2) is 16.5. The standard InChI is InChI=1S/C14H31N.C7H6O2/c1-4-5-6-7-8-9-10-11-12-13-14-15(2)3;8-7(9)6-4-2-1-3-5-6/h4-14H2,1-3H3;1-5H,(H,8,9). The van der Waals surface area contributed by atoms with Crippen LogP contribution in [-0.4, -0.2) is 26.6 Å². The number of aromatic carboxylic acids is 1. The molecule has 0 atom stereocenters. The van der Waals surface area contributed by atoms with Gasteiger partial charge >= 0.3 is 0 Å². The Morgan fingerprint density at radius 2 is 1.29 bits per heavy atom. The van der Waals surface area contributed by atoms with Crippen LogP contribution in [0, 0.1) is 0 Å². The minimum atomic E-state index is -1.13. The van der Waals surface area contributed by atoms with Gasteiger partial charge in [0, 0.05) is 0 Å². The number of rotatable bonds is 12. The van der Waals surface area contributed by atoms with Crippen molar-refractivity contribution in [2.75, 3.05) is 20.6 Å². The Bertz CT molecular complexity index is 390. The van der Waals surface area contributed by atoms with Crippen LogP contribution in [-0.2, 0) is 0 Å². The number of carbonyl (C=O) groups is 1. The van der Waals surface area contributed by atoms with E-state index in [2.05, 4.69) is 21.0 Å². The molecule has 1 N–H and O–H groups in total. The zero-order valence-corrected chi connectivity index (χ0v) is 16.0. The molecule has 1 aromatic carbocycles. The first-order chi connectivity index (χ1) is 11.6. The van der Waals surface area contributed by atoms with E-state index in [9.17, 15) is 9.90 Å². The third-order valence-electron chi connectivity index (χ3n) is 4.04. The Labute approximate surface area is 149 Å². The Kier molecular flexibility index (Phi) is 15.6. The molecular formula is C21H37NO2. The highest BCUT2D eigenvalue weighted by Gasteiger charge is 1.94. The van der Waals surface area contributed by atoms with E-state index in [4.69, 9.17) is 0 Å². The summed E-state index contributed by atoms with van der Waals surface area (Å²) < 4.78 is 0. The summed E-state index contributed by atoms with van der Waals surface area (Å²) >= 11 is 0. The summed E-state index contributed by atoms with van der Waals surface area (Å²) in [6.07, 6.45) is 14.5. The molecule has 3 nitrogen and oxygen atoms in total. The Hall–Kier alpha value is -1.35. The van der Waals surface area contributed by atoms with Gasteiger partial charge in [-0.25, -0.2) is 0 Å². The van der Waals surface area contributed by atoms with Crippen LogP contribution in [0.4, 0.5) is 0 Å². The second-order valence-electron chi connectivity index (χ2n) is 6.79. The molecular weight excluding hydrogens is 298 g/mol. The highest BCUT2D eigenvalue weighted by Crippen LogP contribution is 2.09.